The minimum absolute atomic E-state index is 0.0640. The van der Waals surface area contributed by atoms with Gasteiger partial charge in [-0.15, -0.1) is 0 Å². The number of nitro benzene ring substituents is 1. The van der Waals surface area contributed by atoms with Crippen molar-refractivity contribution in [3.63, 3.8) is 0 Å². The summed E-state index contributed by atoms with van der Waals surface area (Å²) in [6.07, 6.45) is 0.712. The summed E-state index contributed by atoms with van der Waals surface area (Å²) in [5.74, 6) is 0.746. The third-order valence-corrected chi connectivity index (χ3v) is 3.45. The van der Waals surface area contributed by atoms with Gasteiger partial charge in [-0.3, -0.25) is 10.1 Å². The van der Waals surface area contributed by atoms with Crippen LogP contribution in [0, 0.1) is 10.1 Å². The number of hydrogen-bond donors (Lipinski definition) is 1. The highest BCUT2D eigenvalue weighted by Crippen LogP contribution is 2.25. The molecule has 21 heavy (non-hydrogen) atoms. The van der Waals surface area contributed by atoms with E-state index in [0.29, 0.717) is 13.0 Å². The zero-order valence-corrected chi connectivity index (χ0v) is 12.9. The van der Waals surface area contributed by atoms with Crippen molar-refractivity contribution in [2.45, 2.75) is 13.0 Å². The van der Waals surface area contributed by atoms with Gasteiger partial charge in [0.05, 0.1) is 4.92 Å². The van der Waals surface area contributed by atoms with E-state index in [9.17, 15) is 10.1 Å². The maximum absolute atomic E-state index is 10.7. The van der Waals surface area contributed by atoms with Crippen molar-refractivity contribution < 1.29 is 9.66 Å². The number of rotatable bonds is 6. The molecule has 0 aliphatic rings. The molecule has 2 N–H and O–H groups in total. The van der Waals surface area contributed by atoms with Gasteiger partial charge < -0.3 is 10.5 Å². The van der Waals surface area contributed by atoms with Crippen molar-refractivity contribution in [2.75, 3.05) is 6.54 Å². The molecular formula is C15H15BrN2O3. The first-order valence-corrected chi connectivity index (χ1v) is 7.24. The Hall–Kier alpha value is -1.92. The molecule has 5 nitrogen and oxygen atoms in total. The third-order valence-electron chi connectivity index (χ3n) is 2.95. The van der Waals surface area contributed by atoms with E-state index in [4.69, 9.17) is 10.5 Å². The van der Waals surface area contributed by atoms with Crippen LogP contribution in [0.25, 0.3) is 0 Å². The van der Waals surface area contributed by atoms with E-state index in [2.05, 4.69) is 15.9 Å². The van der Waals surface area contributed by atoms with Crippen molar-refractivity contribution in [2.24, 2.45) is 5.73 Å². The molecule has 0 spiro atoms. The molecule has 0 aromatic heterocycles. The van der Waals surface area contributed by atoms with Crippen LogP contribution < -0.4 is 10.5 Å². The van der Waals surface area contributed by atoms with Crippen molar-refractivity contribution in [3.8, 4) is 5.75 Å². The summed E-state index contributed by atoms with van der Waals surface area (Å²) in [6, 6.07) is 12.2. The summed E-state index contributed by atoms with van der Waals surface area (Å²) < 4.78 is 6.73. The van der Waals surface area contributed by atoms with Crippen LogP contribution in [0.3, 0.4) is 0 Å². The summed E-state index contributed by atoms with van der Waals surface area (Å²) in [5.41, 5.74) is 7.42. The highest BCUT2D eigenvalue weighted by Gasteiger charge is 2.08. The molecule has 0 bridgehead atoms. The van der Waals surface area contributed by atoms with Gasteiger partial charge in [-0.25, -0.2) is 0 Å². The minimum atomic E-state index is -0.414. The number of nitro groups is 1. The molecule has 2 aromatic carbocycles. The lowest BCUT2D eigenvalue weighted by Crippen LogP contribution is -2.05. The molecule has 0 fully saturated rings. The van der Waals surface area contributed by atoms with Crippen LogP contribution >= 0.6 is 15.9 Å². The van der Waals surface area contributed by atoms with Crippen molar-refractivity contribution in [3.05, 3.63) is 68.2 Å². The number of non-ortho nitro benzene ring substituents is 1. The zero-order valence-electron chi connectivity index (χ0n) is 11.3. The first-order chi connectivity index (χ1) is 10.1. The Kier molecular flexibility index (Phi) is 5.30. The first-order valence-electron chi connectivity index (χ1n) is 6.45. The Bertz CT molecular complexity index is 647. The Morgan fingerprint density at radius 2 is 2.05 bits per heavy atom. The molecule has 0 amide bonds. The van der Waals surface area contributed by atoms with Crippen molar-refractivity contribution in [1.82, 2.24) is 0 Å². The average molecular weight is 351 g/mol. The molecule has 0 unspecified atom stereocenters. The van der Waals surface area contributed by atoms with Gasteiger partial charge in [0.2, 0.25) is 0 Å². The Morgan fingerprint density at radius 1 is 1.24 bits per heavy atom. The predicted molar refractivity (Wildman–Crippen MR) is 84.3 cm³/mol. The standard InChI is InChI=1S/C15H15BrN2O3/c16-13-4-5-15(12(9-13)6-7-17)21-10-11-2-1-3-14(8-11)18(19)20/h1-5,8-9H,6-7,10,17H2. The van der Waals surface area contributed by atoms with Gasteiger partial charge in [0.15, 0.2) is 0 Å². The van der Waals surface area contributed by atoms with E-state index in [1.54, 1.807) is 12.1 Å². The monoisotopic (exact) mass is 350 g/mol. The molecule has 0 atom stereocenters. The van der Waals surface area contributed by atoms with Crippen LogP contribution in [-0.4, -0.2) is 11.5 Å². The highest BCUT2D eigenvalue weighted by atomic mass is 79.9. The second-order valence-corrected chi connectivity index (χ2v) is 5.42. The first kappa shape index (κ1) is 15.5. The minimum Gasteiger partial charge on any atom is -0.489 e. The summed E-state index contributed by atoms with van der Waals surface area (Å²) >= 11 is 3.42. The number of nitrogens with zero attached hydrogens (tertiary/aromatic N) is 1. The molecule has 0 saturated heterocycles. The normalized spacial score (nSPS) is 10.4. The SMILES string of the molecule is NCCc1cc(Br)ccc1OCc1cccc([N+](=O)[O-])c1. The molecule has 0 saturated carbocycles. The number of hydrogen-bond acceptors (Lipinski definition) is 4. The molecule has 110 valence electrons. The predicted octanol–water partition coefficient (Wildman–Crippen LogP) is 3.44. The fraction of sp³-hybridized carbons (Fsp3) is 0.200. The lowest BCUT2D eigenvalue weighted by molar-refractivity contribution is -0.384. The molecule has 2 rings (SSSR count). The summed E-state index contributed by atoms with van der Waals surface area (Å²) in [7, 11) is 0. The summed E-state index contributed by atoms with van der Waals surface area (Å²) in [6.45, 7) is 0.810. The van der Waals surface area contributed by atoms with Crippen LogP contribution in [0.2, 0.25) is 0 Å². The lowest BCUT2D eigenvalue weighted by atomic mass is 10.1. The van der Waals surface area contributed by atoms with E-state index in [0.717, 1.165) is 21.3 Å². The number of benzene rings is 2. The van der Waals surface area contributed by atoms with Gasteiger partial charge in [0.25, 0.3) is 5.69 Å². The van der Waals surface area contributed by atoms with Crippen LogP contribution in [0.15, 0.2) is 46.9 Å². The van der Waals surface area contributed by atoms with E-state index < -0.39 is 4.92 Å². The van der Waals surface area contributed by atoms with Gasteiger partial charge in [0, 0.05) is 16.6 Å². The molecule has 0 aliphatic heterocycles. The molecule has 0 radical (unpaired) electrons. The fourth-order valence-electron chi connectivity index (χ4n) is 1.96. The molecule has 0 heterocycles. The van der Waals surface area contributed by atoms with Crippen molar-refractivity contribution in [1.29, 1.82) is 0 Å². The highest BCUT2D eigenvalue weighted by molar-refractivity contribution is 9.10. The smallest absolute Gasteiger partial charge is 0.269 e. The molecular weight excluding hydrogens is 336 g/mol. The second-order valence-electron chi connectivity index (χ2n) is 4.51. The lowest BCUT2D eigenvalue weighted by Gasteiger charge is -2.11. The van der Waals surface area contributed by atoms with Crippen molar-refractivity contribution >= 4 is 21.6 Å². The zero-order chi connectivity index (χ0) is 15.2. The van der Waals surface area contributed by atoms with Gasteiger partial charge in [-0.2, -0.15) is 0 Å². The third kappa shape index (κ3) is 4.27. The molecule has 0 aliphatic carbocycles. The fourth-order valence-corrected chi connectivity index (χ4v) is 2.37. The molecule has 2 aromatic rings. The number of nitrogens with two attached hydrogens (primary N) is 1. The van der Waals surface area contributed by atoms with Crippen LogP contribution in [-0.2, 0) is 13.0 Å². The Balaban J connectivity index is 2.12. The van der Waals surface area contributed by atoms with E-state index >= 15 is 0 Å². The maximum atomic E-state index is 10.7. The topological polar surface area (TPSA) is 78.4 Å². The second kappa shape index (κ2) is 7.19. The molecule has 6 heteroatoms. The maximum Gasteiger partial charge on any atom is 0.269 e. The summed E-state index contributed by atoms with van der Waals surface area (Å²) in [4.78, 5) is 10.3. The van der Waals surface area contributed by atoms with E-state index in [1.807, 2.05) is 18.2 Å². The van der Waals surface area contributed by atoms with E-state index in [-0.39, 0.29) is 12.3 Å². The number of halogens is 1. The summed E-state index contributed by atoms with van der Waals surface area (Å²) in [5, 5.41) is 10.7. The average Bonchev–Trinajstić information content (AvgIpc) is 2.47. The number of ether oxygens (including phenoxy) is 1. The quantitative estimate of drug-likeness (QED) is 0.639. The van der Waals surface area contributed by atoms with Gasteiger partial charge in [-0.1, -0.05) is 28.1 Å². The van der Waals surface area contributed by atoms with Crippen LogP contribution in [0.1, 0.15) is 11.1 Å². The van der Waals surface area contributed by atoms with Crippen LogP contribution in [0.5, 0.6) is 5.75 Å². The van der Waals surface area contributed by atoms with E-state index in [1.165, 1.54) is 12.1 Å². The Labute approximate surface area is 131 Å². The van der Waals surface area contributed by atoms with Gasteiger partial charge >= 0.3 is 0 Å². The van der Waals surface area contributed by atoms with Crippen LogP contribution in [0.4, 0.5) is 5.69 Å². The largest absolute Gasteiger partial charge is 0.489 e. The Morgan fingerprint density at radius 3 is 2.76 bits per heavy atom. The van der Waals surface area contributed by atoms with Gasteiger partial charge in [0.1, 0.15) is 12.4 Å². The van der Waals surface area contributed by atoms with Gasteiger partial charge in [-0.05, 0) is 42.3 Å².